The fourth-order valence-corrected chi connectivity index (χ4v) is 2.11. The summed E-state index contributed by atoms with van der Waals surface area (Å²) >= 11 is 0. The van der Waals surface area contributed by atoms with Gasteiger partial charge < -0.3 is 15.2 Å². The van der Waals surface area contributed by atoms with Gasteiger partial charge in [0.05, 0.1) is 18.9 Å². The molecular formula is C13H17F2NO2. The Kier molecular flexibility index (Phi) is 3.59. The van der Waals surface area contributed by atoms with E-state index in [1.807, 2.05) is 0 Å². The van der Waals surface area contributed by atoms with Gasteiger partial charge in [0.1, 0.15) is 11.5 Å². The van der Waals surface area contributed by atoms with Crippen molar-refractivity contribution >= 4 is 5.69 Å². The van der Waals surface area contributed by atoms with E-state index in [0.717, 1.165) is 0 Å². The van der Waals surface area contributed by atoms with E-state index in [1.165, 1.54) is 7.11 Å². The number of anilines is 1. The molecule has 1 aliphatic carbocycles. The van der Waals surface area contributed by atoms with Crippen LogP contribution in [0.4, 0.5) is 14.5 Å². The number of halogens is 2. The molecule has 0 amide bonds. The summed E-state index contributed by atoms with van der Waals surface area (Å²) in [5, 5.41) is 0. The molecule has 0 saturated heterocycles. The van der Waals surface area contributed by atoms with Crippen LogP contribution in [-0.4, -0.2) is 19.1 Å². The van der Waals surface area contributed by atoms with Crippen molar-refractivity contribution in [3.8, 4) is 11.5 Å². The molecule has 1 saturated carbocycles. The Hall–Kier alpha value is -1.52. The third-order valence-electron chi connectivity index (χ3n) is 3.17. The maximum Gasteiger partial charge on any atom is 0.248 e. The van der Waals surface area contributed by atoms with Gasteiger partial charge in [0.25, 0.3) is 0 Å². The number of hydrogen-bond acceptors (Lipinski definition) is 3. The maximum atomic E-state index is 13.0. The molecule has 0 radical (unpaired) electrons. The Bertz CT molecular complexity index is 413. The second kappa shape index (κ2) is 5.00. The molecule has 1 aromatic carbocycles. The van der Waals surface area contributed by atoms with Gasteiger partial charge in [0.2, 0.25) is 5.92 Å². The van der Waals surface area contributed by atoms with Gasteiger partial charge in [0, 0.05) is 18.9 Å². The first-order valence-corrected chi connectivity index (χ1v) is 5.98. The summed E-state index contributed by atoms with van der Waals surface area (Å²) < 4.78 is 36.7. The molecule has 0 unspecified atom stereocenters. The maximum absolute atomic E-state index is 13.0. The summed E-state index contributed by atoms with van der Waals surface area (Å²) in [6.45, 7) is 0. The molecule has 0 bridgehead atoms. The molecule has 0 aliphatic heterocycles. The van der Waals surface area contributed by atoms with Gasteiger partial charge in [-0.05, 0) is 25.0 Å². The molecule has 1 aromatic rings. The fourth-order valence-electron chi connectivity index (χ4n) is 2.11. The second-order valence-corrected chi connectivity index (χ2v) is 4.58. The lowest BCUT2D eigenvalue weighted by molar-refractivity contribution is -0.0582. The number of ether oxygens (including phenoxy) is 2. The van der Waals surface area contributed by atoms with Crippen LogP contribution in [-0.2, 0) is 0 Å². The summed E-state index contributed by atoms with van der Waals surface area (Å²) in [4.78, 5) is 0. The highest BCUT2D eigenvalue weighted by Gasteiger charge is 2.35. The molecule has 0 spiro atoms. The third kappa shape index (κ3) is 3.03. The first kappa shape index (κ1) is 12.9. The minimum Gasteiger partial charge on any atom is -0.495 e. The van der Waals surface area contributed by atoms with Crippen molar-refractivity contribution in [3.05, 3.63) is 18.2 Å². The second-order valence-electron chi connectivity index (χ2n) is 4.58. The first-order chi connectivity index (χ1) is 8.50. The summed E-state index contributed by atoms with van der Waals surface area (Å²) in [6.07, 6.45) is 0.377. The van der Waals surface area contributed by atoms with E-state index < -0.39 is 5.92 Å². The van der Waals surface area contributed by atoms with Crippen molar-refractivity contribution in [2.45, 2.75) is 37.7 Å². The largest absolute Gasteiger partial charge is 0.495 e. The predicted octanol–water partition coefficient (Wildman–Crippen LogP) is 3.23. The molecule has 1 fully saturated rings. The van der Waals surface area contributed by atoms with Gasteiger partial charge in [-0.15, -0.1) is 0 Å². The van der Waals surface area contributed by atoms with Gasteiger partial charge in [-0.1, -0.05) is 0 Å². The van der Waals surface area contributed by atoms with Crippen LogP contribution in [0.25, 0.3) is 0 Å². The third-order valence-corrected chi connectivity index (χ3v) is 3.17. The molecule has 3 nitrogen and oxygen atoms in total. The van der Waals surface area contributed by atoms with Crippen LogP contribution < -0.4 is 15.2 Å². The van der Waals surface area contributed by atoms with Gasteiger partial charge in [-0.25, -0.2) is 8.78 Å². The zero-order valence-corrected chi connectivity index (χ0v) is 10.3. The van der Waals surface area contributed by atoms with E-state index in [0.29, 0.717) is 30.0 Å². The molecule has 5 heteroatoms. The highest BCUT2D eigenvalue weighted by Crippen LogP contribution is 2.35. The summed E-state index contributed by atoms with van der Waals surface area (Å²) in [6, 6.07) is 5.11. The Morgan fingerprint density at radius 1 is 1.28 bits per heavy atom. The van der Waals surface area contributed by atoms with E-state index in [1.54, 1.807) is 18.2 Å². The quantitative estimate of drug-likeness (QED) is 0.845. The van der Waals surface area contributed by atoms with Crippen molar-refractivity contribution in [2.24, 2.45) is 0 Å². The lowest BCUT2D eigenvalue weighted by Crippen LogP contribution is -2.30. The number of nitrogen functional groups attached to an aromatic ring is 1. The van der Waals surface area contributed by atoms with Crippen LogP contribution >= 0.6 is 0 Å². The summed E-state index contributed by atoms with van der Waals surface area (Å²) in [7, 11) is 1.54. The lowest BCUT2D eigenvalue weighted by Gasteiger charge is -2.28. The van der Waals surface area contributed by atoms with E-state index >= 15 is 0 Å². The summed E-state index contributed by atoms with van der Waals surface area (Å²) in [5.41, 5.74) is 6.24. The molecule has 2 N–H and O–H groups in total. The molecule has 0 atom stereocenters. The number of benzene rings is 1. The molecule has 0 aromatic heterocycles. The Labute approximate surface area is 105 Å². The number of hydrogen-bond donors (Lipinski definition) is 1. The zero-order valence-electron chi connectivity index (χ0n) is 10.3. The number of methoxy groups -OCH3 is 1. The molecule has 1 aliphatic rings. The van der Waals surface area contributed by atoms with E-state index in [4.69, 9.17) is 15.2 Å². The number of alkyl halides is 2. The molecule has 18 heavy (non-hydrogen) atoms. The van der Waals surface area contributed by atoms with Crippen LogP contribution in [0.5, 0.6) is 11.5 Å². The van der Waals surface area contributed by atoms with Crippen molar-refractivity contribution in [3.63, 3.8) is 0 Å². The zero-order chi connectivity index (χ0) is 13.2. The molecular weight excluding hydrogens is 240 g/mol. The summed E-state index contributed by atoms with van der Waals surface area (Å²) in [5.74, 6) is -1.35. The molecule has 100 valence electrons. The van der Waals surface area contributed by atoms with Crippen LogP contribution in [0.2, 0.25) is 0 Å². The minimum atomic E-state index is -2.53. The average Bonchev–Trinajstić information content (AvgIpc) is 2.32. The van der Waals surface area contributed by atoms with Crippen LogP contribution in [0.1, 0.15) is 25.7 Å². The van der Waals surface area contributed by atoms with Crippen molar-refractivity contribution in [1.29, 1.82) is 0 Å². The highest BCUT2D eigenvalue weighted by atomic mass is 19.3. The Morgan fingerprint density at radius 3 is 2.50 bits per heavy atom. The fraction of sp³-hybridized carbons (Fsp3) is 0.538. The number of rotatable bonds is 3. The van der Waals surface area contributed by atoms with E-state index in [-0.39, 0.29) is 18.9 Å². The van der Waals surface area contributed by atoms with Crippen molar-refractivity contribution in [2.75, 3.05) is 12.8 Å². The molecule has 2 rings (SSSR count). The highest BCUT2D eigenvalue weighted by molar-refractivity contribution is 5.56. The van der Waals surface area contributed by atoms with Crippen molar-refractivity contribution in [1.82, 2.24) is 0 Å². The van der Waals surface area contributed by atoms with Crippen LogP contribution in [0, 0.1) is 0 Å². The lowest BCUT2D eigenvalue weighted by atomic mass is 9.94. The Balaban J connectivity index is 1.96. The standard InChI is InChI=1S/C13H17F2NO2/c1-17-12-3-2-10(8-11(12)16)18-9-4-6-13(14,15)7-5-9/h2-3,8-9H,4-7,16H2,1H3. The SMILES string of the molecule is COc1ccc(OC2CCC(F)(F)CC2)cc1N. The topological polar surface area (TPSA) is 44.5 Å². The normalized spacial score (nSPS) is 19.5. The predicted molar refractivity (Wildman–Crippen MR) is 65.2 cm³/mol. The van der Waals surface area contributed by atoms with Crippen molar-refractivity contribution < 1.29 is 18.3 Å². The van der Waals surface area contributed by atoms with E-state index in [2.05, 4.69) is 0 Å². The van der Waals surface area contributed by atoms with Gasteiger partial charge in [0.15, 0.2) is 0 Å². The van der Waals surface area contributed by atoms with Gasteiger partial charge in [-0.3, -0.25) is 0 Å². The van der Waals surface area contributed by atoms with Gasteiger partial charge >= 0.3 is 0 Å². The van der Waals surface area contributed by atoms with E-state index in [9.17, 15) is 8.78 Å². The average molecular weight is 257 g/mol. The minimum absolute atomic E-state index is 0.108. The van der Waals surface area contributed by atoms with Gasteiger partial charge in [-0.2, -0.15) is 0 Å². The monoisotopic (exact) mass is 257 g/mol. The van der Waals surface area contributed by atoms with Crippen LogP contribution in [0.3, 0.4) is 0 Å². The smallest absolute Gasteiger partial charge is 0.248 e. The molecule has 0 heterocycles. The first-order valence-electron chi connectivity index (χ1n) is 5.98. The Morgan fingerprint density at radius 2 is 1.94 bits per heavy atom. The van der Waals surface area contributed by atoms with Crippen LogP contribution in [0.15, 0.2) is 18.2 Å². The number of nitrogens with two attached hydrogens (primary N) is 1.